The SMILES string of the molecule is C[C@@H](CS(C)(=O)=O)C(=O)Nc1ccccc1N(C)C1CCCC1. The molecule has 2 rings (SSSR count). The number of anilines is 2. The molecule has 1 saturated carbocycles. The molecule has 0 aliphatic heterocycles. The molecule has 1 fully saturated rings. The van der Waals surface area contributed by atoms with Gasteiger partial charge >= 0.3 is 0 Å². The van der Waals surface area contributed by atoms with E-state index in [1.807, 2.05) is 24.3 Å². The van der Waals surface area contributed by atoms with Crippen molar-refractivity contribution in [3.05, 3.63) is 24.3 Å². The minimum Gasteiger partial charge on any atom is -0.370 e. The van der Waals surface area contributed by atoms with Crippen LogP contribution in [0, 0.1) is 5.92 Å². The molecular formula is C17H26N2O3S. The fourth-order valence-corrected chi connectivity index (χ4v) is 4.22. The maximum absolute atomic E-state index is 12.3. The molecule has 1 amide bonds. The summed E-state index contributed by atoms with van der Waals surface area (Å²) in [7, 11) is -1.11. The number of rotatable bonds is 6. The van der Waals surface area contributed by atoms with Crippen molar-refractivity contribution in [2.75, 3.05) is 29.3 Å². The second kappa shape index (κ2) is 7.34. The molecule has 23 heavy (non-hydrogen) atoms. The first-order valence-corrected chi connectivity index (χ1v) is 10.1. The van der Waals surface area contributed by atoms with Gasteiger partial charge in [-0.2, -0.15) is 0 Å². The highest BCUT2D eigenvalue weighted by Gasteiger charge is 2.23. The van der Waals surface area contributed by atoms with E-state index in [9.17, 15) is 13.2 Å². The van der Waals surface area contributed by atoms with Gasteiger partial charge in [-0.1, -0.05) is 31.9 Å². The van der Waals surface area contributed by atoms with Crippen LogP contribution in [0.15, 0.2) is 24.3 Å². The average Bonchev–Trinajstić information content (AvgIpc) is 2.99. The van der Waals surface area contributed by atoms with Crippen LogP contribution >= 0.6 is 0 Å². The summed E-state index contributed by atoms with van der Waals surface area (Å²) in [6.07, 6.45) is 5.98. The van der Waals surface area contributed by atoms with Crippen LogP contribution in [0.3, 0.4) is 0 Å². The van der Waals surface area contributed by atoms with Crippen LogP contribution in [0.5, 0.6) is 0 Å². The van der Waals surface area contributed by atoms with Crippen molar-refractivity contribution in [1.29, 1.82) is 0 Å². The van der Waals surface area contributed by atoms with E-state index in [1.54, 1.807) is 6.92 Å². The Morgan fingerprint density at radius 3 is 2.52 bits per heavy atom. The zero-order chi connectivity index (χ0) is 17.0. The summed E-state index contributed by atoms with van der Waals surface area (Å²) in [6.45, 7) is 1.64. The third kappa shape index (κ3) is 4.96. The Morgan fingerprint density at radius 1 is 1.30 bits per heavy atom. The van der Waals surface area contributed by atoms with E-state index in [0.717, 1.165) is 17.6 Å². The number of para-hydroxylation sites is 2. The Labute approximate surface area is 139 Å². The molecule has 6 heteroatoms. The number of nitrogens with one attached hydrogen (secondary N) is 1. The molecule has 1 aliphatic carbocycles. The van der Waals surface area contributed by atoms with E-state index in [4.69, 9.17) is 0 Å². The van der Waals surface area contributed by atoms with Crippen LogP contribution in [0.4, 0.5) is 11.4 Å². The molecule has 1 N–H and O–H groups in total. The van der Waals surface area contributed by atoms with E-state index < -0.39 is 15.8 Å². The first-order chi connectivity index (χ1) is 10.8. The number of amides is 1. The van der Waals surface area contributed by atoms with Crippen molar-refractivity contribution < 1.29 is 13.2 Å². The predicted molar refractivity (Wildman–Crippen MR) is 94.6 cm³/mol. The van der Waals surface area contributed by atoms with Gasteiger partial charge in [0.2, 0.25) is 5.91 Å². The van der Waals surface area contributed by atoms with Crippen LogP contribution < -0.4 is 10.2 Å². The number of nitrogens with zero attached hydrogens (tertiary/aromatic N) is 1. The number of sulfone groups is 1. The topological polar surface area (TPSA) is 66.5 Å². The zero-order valence-corrected chi connectivity index (χ0v) is 14.9. The first kappa shape index (κ1) is 17.8. The van der Waals surface area contributed by atoms with E-state index in [0.29, 0.717) is 6.04 Å². The van der Waals surface area contributed by atoms with Gasteiger partial charge in [0.25, 0.3) is 0 Å². The maximum atomic E-state index is 12.3. The molecule has 0 bridgehead atoms. The molecule has 1 aromatic carbocycles. The van der Waals surface area contributed by atoms with Gasteiger partial charge in [-0.25, -0.2) is 8.42 Å². The molecule has 0 unspecified atom stereocenters. The standard InChI is InChI=1S/C17H26N2O3S/c1-13(12-23(3,21)22)17(20)18-15-10-6-7-11-16(15)19(2)14-8-4-5-9-14/h6-7,10-11,13-14H,4-5,8-9,12H2,1-3H3,(H,18,20)/t13-/m0/s1. The second-order valence-electron chi connectivity index (χ2n) is 6.55. The molecular weight excluding hydrogens is 312 g/mol. The van der Waals surface area contributed by atoms with Gasteiger partial charge in [0.1, 0.15) is 9.84 Å². The van der Waals surface area contributed by atoms with Crippen molar-refractivity contribution in [2.45, 2.75) is 38.6 Å². The van der Waals surface area contributed by atoms with Crippen LogP contribution in [0.1, 0.15) is 32.6 Å². The van der Waals surface area contributed by atoms with Gasteiger partial charge < -0.3 is 10.2 Å². The highest BCUT2D eigenvalue weighted by Crippen LogP contribution is 2.32. The van der Waals surface area contributed by atoms with Gasteiger partial charge in [0, 0.05) is 25.3 Å². The van der Waals surface area contributed by atoms with E-state index in [-0.39, 0.29) is 11.7 Å². The molecule has 1 aromatic rings. The van der Waals surface area contributed by atoms with Gasteiger partial charge in [-0.05, 0) is 25.0 Å². The zero-order valence-electron chi connectivity index (χ0n) is 14.1. The molecule has 0 heterocycles. The van der Waals surface area contributed by atoms with Crippen molar-refractivity contribution in [2.24, 2.45) is 5.92 Å². The Hall–Kier alpha value is -1.56. The lowest BCUT2D eigenvalue weighted by molar-refractivity contribution is -0.118. The third-order valence-corrected chi connectivity index (χ3v) is 5.52. The lowest BCUT2D eigenvalue weighted by Gasteiger charge is -2.29. The minimum atomic E-state index is -3.17. The van der Waals surface area contributed by atoms with Crippen molar-refractivity contribution >= 4 is 27.1 Å². The summed E-state index contributed by atoms with van der Waals surface area (Å²) in [5.41, 5.74) is 1.73. The molecule has 1 aliphatic rings. The molecule has 0 aromatic heterocycles. The summed E-state index contributed by atoms with van der Waals surface area (Å²) < 4.78 is 22.7. The summed E-state index contributed by atoms with van der Waals surface area (Å²) in [5.74, 6) is -0.975. The van der Waals surface area contributed by atoms with Crippen molar-refractivity contribution in [3.8, 4) is 0 Å². The van der Waals surface area contributed by atoms with E-state index in [2.05, 4.69) is 17.3 Å². The van der Waals surface area contributed by atoms with E-state index in [1.165, 1.54) is 25.7 Å². The second-order valence-corrected chi connectivity index (χ2v) is 8.73. The lowest BCUT2D eigenvalue weighted by atomic mass is 10.1. The maximum Gasteiger partial charge on any atom is 0.228 e. The number of benzene rings is 1. The fraction of sp³-hybridized carbons (Fsp3) is 0.588. The first-order valence-electron chi connectivity index (χ1n) is 8.08. The molecule has 0 spiro atoms. The Kier molecular flexibility index (Phi) is 5.68. The minimum absolute atomic E-state index is 0.139. The van der Waals surface area contributed by atoms with Crippen LogP contribution in [0.2, 0.25) is 0 Å². The summed E-state index contributed by atoms with van der Waals surface area (Å²) in [6, 6.07) is 8.20. The summed E-state index contributed by atoms with van der Waals surface area (Å²) in [4.78, 5) is 14.5. The van der Waals surface area contributed by atoms with Gasteiger partial charge in [0.05, 0.1) is 17.1 Å². The Bertz CT molecular complexity index is 652. The van der Waals surface area contributed by atoms with Crippen molar-refractivity contribution in [3.63, 3.8) is 0 Å². The largest absolute Gasteiger partial charge is 0.370 e. The normalized spacial score (nSPS) is 17.0. The number of carbonyl (C=O) groups excluding carboxylic acids is 1. The number of hydrogen-bond acceptors (Lipinski definition) is 4. The lowest BCUT2D eigenvalue weighted by Crippen LogP contribution is -2.31. The van der Waals surface area contributed by atoms with Crippen LogP contribution in [0.25, 0.3) is 0 Å². The highest BCUT2D eigenvalue weighted by atomic mass is 32.2. The van der Waals surface area contributed by atoms with Crippen molar-refractivity contribution in [1.82, 2.24) is 0 Å². The molecule has 1 atom stereocenters. The smallest absolute Gasteiger partial charge is 0.228 e. The molecule has 128 valence electrons. The Morgan fingerprint density at radius 2 is 1.91 bits per heavy atom. The third-order valence-electron chi connectivity index (χ3n) is 4.41. The van der Waals surface area contributed by atoms with Crippen LogP contribution in [-0.2, 0) is 14.6 Å². The molecule has 0 saturated heterocycles. The molecule has 0 radical (unpaired) electrons. The quantitative estimate of drug-likeness (QED) is 0.866. The average molecular weight is 338 g/mol. The predicted octanol–water partition coefficient (Wildman–Crippen LogP) is 2.68. The molecule has 5 nitrogen and oxygen atoms in total. The Balaban J connectivity index is 2.12. The van der Waals surface area contributed by atoms with E-state index >= 15 is 0 Å². The van der Waals surface area contributed by atoms with Gasteiger partial charge in [-0.3, -0.25) is 4.79 Å². The fourth-order valence-electron chi connectivity index (χ4n) is 3.16. The monoisotopic (exact) mass is 338 g/mol. The van der Waals surface area contributed by atoms with Gasteiger partial charge in [-0.15, -0.1) is 0 Å². The summed E-state index contributed by atoms with van der Waals surface area (Å²) in [5, 5.41) is 2.89. The highest BCUT2D eigenvalue weighted by molar-refractivity contribution is 7.90. The number of hydrogen-bond donors (Lipinski definition) is 1. The number of carbonyl (C=O) groups is 1. The summed E-state index contributed by atoms with van der Waals surface area (Å²) >= 11 is 0. The van der Waals surface area contributed by atoms with Crippen LogP contribution in [-0.4, -0.2) is 39.4 Å². The van der Waals surface area contributed by atoms with Gasteiger partial charge in [0.15, 0.2) is 0 Å².